The second-order valence-electron chi connectivity index (χ2n) is 1.49. The summed E-state index contributed by atoms with van der Waals surface area (Å²) >= 11 is -0.496. The Morgan fingerprint density at radius 1 is 1.50 bits per heavy atom. The van der Waals surface area contributed by atoms with Gasteiger partial charge in [-0.05, 0) is 0 Å². The first-order valence-electron chi connectivity index (χ1n) is 2.81. The molecule has 0 saturated carbocycles. The number of rotatable bonds is 5. The van der Waals surface area contributed by atoms with E-state index in [-0.39, 0.29) is 0 Å². The van der Waals surface area contributed by atoms with Gasteiger partial charge in [0.2, 0.25) is 0 Å². The van der Waals surface area contributed by atoms with Gasteiger partial charge in [-0.1, -0.05) is 0 Å². The molecule has 0 radical (unpaired) electrons. The molecule has 0 spiro atoms. The zero-order chi connectivity index (χ0) is 6.24. The van der Waals surface area contributed by atoms with Crippen molar-refractivity contribution in [2.75, 3.05) is 13.7 Å². The molecule has 0 rings (SSSR count). The molecule has 0 saturated heterocycles. The van der Waals surface area contributed by atoms with Gasteiger partial charge in [0.1, 0.15) is 0 Å². The summed E-state index contributed by atoms with van der Waals surface area (Å²) in [7, 11) is 1.69. The third kappa shape index (κ3) is 6.63. The molecule has 0 aliphatic rings. The van der Waals surface area contributed by atoms with Crippen LogP contribution in [0.15, 0.2) is 0 Å². The van der Waals surface area contributed by atoms with E-state index in [9.17, 15) is 0 Å². The van der Waals surface area contributed by atoms with Crippen LogP contribution >= 0.6 is 0 Å². The van der Waals surface area contributed by atoms with Crippen molar-refractivity contribution in [3.63, 3.8) is 0 Å². The first-order valence-corrected chi connectivity index (χ1v) is 4.09. The average molecular weight is 152 g/mol. The van der Waals surface area contributed by atoms with Gasteiger partial charge in [-0.15, -0.1) is 0 Å². The van der Waals surface area contributed by atoms with Crippen LogP contribution in [0.2, 0.25) is 0 Å². The third-order valence-corrected chi connectivity index (χ3v) is 1.51. The Balaban J connectivity index is 2.53. The Kier molecular flexibility index (Phi) is 8.24. The summed E-state index contributed by atoms with van der Waals surface area (Å²) in [6, 6.07) is 0. The van der Waals surface area contributed by atoms with Gasteiger partial charge in [-0.3, -0.25) is 0 Å². The quantitative estimate of drug-likeness (QED) is 0.437. The van der Waals surface area contributed by atoms with Crippen LogP contribution in [0.1, 0.15) is 19.8 Å². The van der Waals surface area contributed by atoms with Crippen molar-refractivity contribution in [3.8, 4) is 0 Å². The molecule has 0 bridgehead atoms. The third-order valence-electron chi connectivity index (χ3n) is 0.742. The van der Waals surface area contributed by atoms with E-state index in [1.165, 1.54) is 6.42 Å². The molecule has 0 aromatic heterocycles. The topological polar surface area (TPSA) is 18.5 Å². The van der Waals surface area contributed by atoms with Gasteiger partial charge >= 0.3 is 60.0 Å². The molecule has 0 atom stereocenters. The van der Waals surface area contributed by atoms with Crippen molar-refractivity contribution in [1.29, 1.82) is 0 Å². The van der Waals surface area contributed by atoms with E-state index in [2.05, 4.69) is 6.92 Å². The molecule has 0 heterocycles. The van der Waals surface area contributed by atoms with Gasteiger partial charge in [0, 0.05) is 0 Å². The van der Waals surface area contributed by atoms with Crippen LogP contribution in [0.25, 0.3) is 0 Å². The maximum atomic E-state index is 5.13. The van der Waals surface area contributed by atoms with Crippen molar-refractivity contribution < 1.29 is 26.6 Å². The van der Waals surface area contributed by atoms with Gasteiger partial charge in [-0.25, -0.2) is 0 Å². The first-order chi connectivity index (χ1) is 3.91. The van der Waals surface area contributed by atoms with Gasteiger partial charge in [0.25, 0.3) is 0 Å². The Morgan fingerprint density at radius 2 is 2.25 bits per heavy atom. The minimum atomic E-state index is -0.496. The van der Waals surface area contributed by atoms with Crippen molar-refractivity contribution in [3.05, 3.63) is 0 Å². The molecular weight excluding hydrogens is 140 g/mol. The van der Waals surface area contributed by atoms with Gasteiger partial charge in [-0.2, -0.15) is 0 Å². The fourth-order valence-electron chi connectivity index (χ4n) is 0.317. The summed E-state index contributed by atoms with van der Waals surface area (Å²) in [6.45, 7) is 3.03. The monoisotopic (exact) mass is 152 g/mol. The van der Waals surface area contributed by atoms with Crippen LogP contribution in [0.4, 0.5) is 0 Å². The van der Waals surface area contributed by atoms with E-state index < -0.39 is 19.9 Å². The van der Waals surface area contributed by atoms with Crippen LogP contribution in [0.5, 0.6) is 0 Å². The van der Waals surface area contributed by atoms with Crippen molar-refractivity contribution in [2.24, 2.45) is 0 Å². The summed E-state index contributed by atoms with van der Waals surface area (Å²) in [5.41, 5.74) is 0. The van der Waals surface area contributed by atoms with Crippen molar-refractivity contribution >= 4 is 0 Å². The van der Waals surface area contributed by atoms with Crippen LogP contribution in [0.3, 0.4) is 0 Å². The molecular formula is C5H12O2Ti. The van der Waals surface area contributed by atoms with Crippen molar-refractivity contribution in [2.45, 2.75) is 19.8 Å². The van der Waals surface area contributed by atoms with Crippen LogP contribution in [0, 0.1) is 0 Å². The molecule has 0 amide bonds. The molecule has 0 N–H and O–H groups in total. The Hall–Kier alpha value is 0.634. The molecule has 3 heteroatoms. The van der Waals surface area contributed by atoms with E-state index in [4.69, 9.17) is 6.64 Å². The predicted octanol–water partition coefficient (Wildman–Crippen LogP) is 1.36. The Bertz CT molecular complexity index is 35.4. The summed E-state index contributed by atoms with van der Waals surface area (Å²) in [5.74, 6) is 0. The van der Waals surface area contributed by atoms with E-state index in [1.807, 2.05) is 0 Å². The first kappa shape index (κ1) is 8.63. The van der Waals surface area contributed by atoms with Crippen LogP contribution in [-0.4, -0.2) is 13.7 Å². The number of unbranched alkanes of at least 4 members (excludes halogenated alkanes) is 1. The Morgan fingerprint density at radius 3 is 2.75 bits per heavy atom. The predicted molar refractivity (Wildman–Crippen MR) is 27.9 cm³/mol. The summed E-state index contributed by atoms with van der Waals surface area (Å²) in [6.07, 6.45) is 2.36. The van der Waals surface area contributed by atoms with Gasteiger partial charge in [0.15, 0.2) is 0 Å². The van der Waals surface area contributed by atoms with Crippen LogP contribution < -0.4 is 0 Å². The maximum absolute atomic E-state index is 5.13. The normalized spacial score (nSPS) is 9.25. The fraction of sp³-hybridized carbons (Fsp3) is 1.00. The molecule has 0 aliphatic heterocycles. The zero-order valence-electron chi connectivity index (χ0n) is 5.44. The molecule has 2 nitrogen and oxygen atoms in total. The standard InChI is InChI=1S/C4H9O.CH3O.Ti/c1-2-3-4-5;1-2;/h2-4H2,1H3;1H3;/q2*-1;+2. The van der Waals surface area contributed by atoms with E-state index in [0.717, 1.165) is 13.0 Å². The summed E-state index contributed by atoms with van der Waals surface area (Å²) in [4.78, 5) is 0. The van der Waals surface area contributed by atoms with Crippen LogP contribution in [-0.2, 0) is 26.6 Å². The van der Waals surface area contributed by atoms with E-state index in [1.54, 1.807) is 7.11 Å². The summed E-state index contributed by atoms with van der Waals surface area (Å²) < 4.78 is 9.92. The molecule has 8 heavy (non-hydrogen) atoms. The zero-order valence-corrected chi connectivity index (χ0v) is 7.00. The molecule has 0 aromatic rings. The van der Waals surface area contributed by atoms with E-state index >= 15 is 0 Å². The van der Waals surface area contributed by atoms with Gasteiger partial charge < -0.3 is 0 Å². The fourth-order valence-corrected chi connectivity index (χ4v) is 0.857. The minimum absolute atomic E-state index is 0.496. The Labute approximate surface area is 60.4 Å². The molecule has 48 valence electrons. The van der Waals surface area contributed by atoms with E-state index in [0.29, 0.717) is 0 Å². The van der Waals surface area contributed by atoms with Gasteiger partial charge in [0.05, 0.1) is 0 Å². The number of hydrogen-bond donors (Lipinski definition) is 0. The number of hydrogen-bond acceptors (Lipinski definition) is 2. The molecule has 0 fully saturated rings. The second-order valence-corrected chi connectivity index (χ2v) is 2.84. The average Bonchev–Trinajstić information content (AvgIpc) is 1.81. The van der Waals surface area contributed by atoms with Crippen molar-refractivity contribution in [1.82, 2.24) is 0 Å². The molecule has 0 aromatic carbocycles. The second kappa shape index (κ2) is 7.63. The molecule has 0 aliphatic carbocycles. The summed E-state index contributed by atoms with van der Waals surface area (Å²) in [5, 5.41) is 0. The molecule has 0 unspecified atom stereocenters. The SMILES string of the molecule is CCCC[O][Ti][O]C.